The highest BCUT2D eigenvalue weighted by atomic mass is 127. The predicted octanol–water partition coefficient (Wildman–Crippen LogP) is 3.42. The molecule has 0 aromatic heterocycles. The molecule has 0 amide bonds. The number of phenolic OH excluding ortho intramolecular Hbond substituents is 1. The number of nitrogens with one attached hydrogen (secondary N) is 1. The maximum absolute atomic E-state index is 9.69. The van der Waals surface area contributed by atoms with Crippen LogP contribution in [0.1, 0.15) is 30.9 Å². The maximum Gasteiger partial charge on any atom is 0.142 e. The third-order valence-electron chi connectivity index (χ3n) is 2.75. The van der Waals surface area contributed by atoms with Crippen molar-refractivity contribution in [3.8, 4) is 5.75 Å². The fourth-order valence-corrected chi connectivity index (χ4v) is 3.74. The molecule has 0 radical (unpaired) electrons. The molecule has 1 atom stereocenters. The van der Waals surface area contributed by atoms with Crippen LogP contribution in [-0.4, -0.2) is 11.7 Å². The Labute approximate surface area is 117 Å². The fourth-order valence-electron chi connectivity index (χ4n) is 1.92. The lowest BCUT2D eigenvalue weighted by molar-refractivity contribution is 0.410. The lowest BCUT2D eigenvalue weighted by atomic mass is 9.98. The highest BCUT2D eigenvalue weighted by molar-refractivity contribution is 14.1. The molecular formula is C11H13I2NO. The van der Waals surface area contributed by atoms with Gasteiger partial charge in [0.2, 0.25) is 0 Å². The highest BCUT2D eigenvalue weighted by Crippen LogP contribution is 2.32. The number of phenols is 1. The van der Waals surface area contributed by atoms with Gasteiger partial charge in [0.05, 0.1) is 7.14 Å². The molecule has 0 unspecified atom stereocenters. The number of halogens is 2. The largest absolute Gasteiger partial charge is 0.506 e. The molecule has 1 saturated heterocycles. The Kier molecular flexibility index (Phi) is 4.11. The van der Waals surface area contributed by atoms with E-state index < -0.39 is 0 Å². The molecule has 2 N–H and O–H groups in total. The summed E-state index contributed by atoms with van der Waals surface area (Å²) in [5.41, 5.74) is 1.31. The topological polar surface area (TPSA) is 32.3 Å². The van der Waals surface area contributed by atoms with Crippen LogP contribution in [0.4, 0.5) is 0 Å². The minimum Gasteiger partial charge on any atom is -0.506 e. The van der Waals surface area contributed by atoms with Crippen molar-refractivity contribution in [1.82, 2.24) is 5.32 Å². The summed E-state index contributed by atoms with van der Waals surface area (Å²) in [6.45, 7) is 1.11. The van der Waals surface area contributed by atoms with Crippen molar-refractivity contribution >= 4 is 45.2 Å². The van der Waals surface area contributed by atoms with Crippen LogP contribution in [0.3, 0.4) is 0 Å². The van der Waals surface area contributed by atoms with E-state index >= 15 is 0 Å². The first kappa shape index (κ1) is 11.9. The molecule has 82 valence electrons. The summed E-state index contributed by atoms with van der Waals surface area (Å²) < 4.78 is 1.89. The van der Waals surface area contributed by atoms with Crippen molar-refractivity contribution < 1.29 is 5.11 Å². The molecule has 2 rings (SSSR count). The smallest absolute Gasteiger partial charge is 0.142 e. The highest BCUT2D eigenvalue weighted by Gasteiger charge is 2.16. The maximum atomic E-state index is 9.69. The van der Waals surface area contributed by atoms with Crippen LogP contribution in [-0.2, 0) is 0 Å². The number of hydrogen-bond donors (Lipinski definition) is 2. The summed E-state index contributed by atoms with van der Waals surface area (Å²) in [7, 11) is 0. The van der Waals surface area contributed by atoms with E-state index in [0.29, 0.717) is 11.8 Å². The minimum atomic E-state index is 0.413. The summed E-state index contributed by atoms with van der Waals surface area (Å²) in [6, 6.07) is 4.64. The van der Waals surface area contributed by atoms with Crippen molar-refractivity contribution in [3.05, 3.63) is 24.8 Å². The predicted molar refractivity (Wildman–Crippen MR) is 78.1 cm³/mol. The van der Waals surface area contributed by atoms with Gasteiger partial charge in [0.25, 0.3) is 0 Å². The normalized spacial score (nSPS) is 21.6. The quantitative estimate of drug-likeness (QED) is 0.672. The zero-order valence-electron chi connectivity index (χ0n) is 8.26. The summed E-state index contributed by atoms with van der Waals surface area (Å²) in [6.07, 6.45) is 3.78. The van der Waals surface area contributed by atoms with Gasteiger partial charge in [-0.15, -0.1) is 0 Å². The van der Waals surface area contributed by atoms with Crippen molar-refractivity contribution in [2.75, 3.05) is 6.54 Å². The monoisotopic (exact) mass is 429 g/mol. The number of rotatable bonds is 1. The van der Waals surface area contributed by atoms with Gasteiger partial charge < -0.3 is 10.4 Å². The molecule has 15 heavy (non-hydrogen) atoms. The van der Waals surface area contributed by atoms with Gasteiger partial charge in [-0.2, -0.15) is 0 Å². The molecule has 1 aliphatic rings. The van der Waals surface area contributed by atoms with Gasteiger partial charge in [0.15, 0.2) is 0 Å². The van der Waals surface area contributed by atoms with E-state index in [9.17, 15) is 5.11 Å². The zero-order chi connectivity index (χ0) is 10.8. The first-order chi connectivity index (χ1) is 7.18. The number of piperidine rings is 1. The molecule has 1 aromatic rings. The first-order valence-electron chi connectivity index (χ1n) is 5.10. The Hall–Kier alpha value is 0.440. The molecule has 1 fully saturated rings. The van der Waals surface area contributed by atoms with E-state index in [-0.39, 0.29) is 0 Å². The number of aromatic hydroxyl groups is 1. The molecule has 0 saturated carbocycles. The molecule has 1 heterocycles. The minimum absolute atomic E-state index is 0.413. The third-order valence-corrected chi connectivity index (χ3v) is 4.40. The van der Waals surface area contributed by atoms with E-state index in [1.807, 2.05) is 0 Å². The SMILES string of the molecule is Oc1c(I)cc([C@H]2CCCCN2)cc1I. The lowest BCUT2D eigenvalue weighted by Crippen LogP contribution is -2.26. The van der Waals surface area contributed by atoms with Crippen molar-refractivity contribution in [2.45, 2.75) is 25.3 Å². The molecular weight excluding hydrogens is 416 g/mol. The average Bonchev–Trinajstić information content (AvgIpc) is 2.26. The Morgan fingerprint density at radius 2 is 1.87 bits per heavy atom. The summed E-state index contributed by atoms with van der Waals surface area (Å²) >= 11 is 4.38. The summed E-state index contributed by atoms with van der Waals surface area (Å²) in [5.74, 6) is 0.413. The van der Waals surface area contributed by atoms with Crippen LogP contribution in [0.25, 0.3) is 0 Å². The second kappa shape index (κ2) is 5.18. The van der Waals surface area contributed by atoms with Crippen LogP contribution in [0.2, 0.25) is 0 Å². The Morgan fingerprint density at radius 1 is 1.20 bits per heavy atom. The van der Waals surface area contributed by atoms with Gasteiger partial charge in [0, 0.05) is 6.04 Å². The van der Waals surface area contributed by atoms with Crippen molar-refractivity contribution in [1.29, 1.82) is 0 Å². The van der Waals surface area contributed by atoms with Crippen LogP contribution in [0.5, 0.6) is 5.75 Å². The Morgan fingerprint density at radius 3 is 2.40 bits per heavy atom. The van der Waals surface area contributed by atoms with Gasteiger partial charge in [-0.3, -0.25) is 0 Å². The van der Waals surface area contributed by atoms with E-state index in [1.165, 1.54) is 24.8 Å². The van der Waals surface area contributed by atoms with Crippen molar-refractivity contribution in [3.63, 3.8) is 0 Å². The molecule has 2 nitrogen and oxygen atoms in total. The van der Waals surface area contributed by atoms with Gasteiger partial charge in [-0.25, -0.2) is 0 Å². The second-order valence-corrected chi connectivity index (χ2v) is 6.16. The van der Waals surface area contributed by atoms with Crippen LogP contribution in [0, 0.1) is 7.14 Å². The Balaban J connectivity index is 2.27. The van der Waals surface area contributed by atoms with Gasteiger partial charge in [-0.1, -0.05) is 6.42 Å². The molecule has 0 aliphatic carbocycles. The lowest BCUT2D eigenvalue weighted by Gasteiger charge is -2.24. The summed E-state index contributed by atoms with van der Waals surface area (Å²) in [4.78, 5) is 0. The van der Waals surface area contributed by atoms with Gasteiger partial charge >= 0.3 is 0 Å². The Bertz CT molecular complexity index is 339. The van der Waals surface area contributed by atoms with Crippen LogP contribution >= 0.6 is 45.2 Å². The third kappa shape index (κ3) is 2.76. The molecule has 0 spiro atoms. The number of hydrogen-bond acceptors (Lipinski definition) is 2. The van der Waals surface area contributed by atoms with Crippen LogP contribution < -0.4 is 5.32 Å². The number of benzene rings is 1. The van der Waals surface area contributed by atoms with Crippen LogP contribution in [0.15, 0.2) is 12.1 Å². The van der Waals surface area contributed by atoms with Gasteiger partial charge in [0.1, 0.15) is 5.75 Å². The van der Waals surface area contributed by atoms with E-state index in [0.717, 1.165) is 13.7 Å². The molecule has 1 aliphatic heterocycles. The van der Waals surface area contributed by atoms with Crippen molar-refractivity contribution in [2.24, 2.45) is 0 Å². The molecule has 4 heteroatoms. The van der Waals surface area contributed by atoms with Gasteiger partial charge in [-0.05, 0) is 82.3 Å². The summed E-state index contributed by atoms with van der Waals surface area (Å²) in [5, 5.41) is 13.2. The van der Waals surface area contributed by atoms with E-state index in [1.54, 1.807) is 0 Å². The van der Waals surface area contributed by atoms with E-state index in [4.69, 9.17) is 0 Å². The molecule has 1 aromatic carbocycles. The standard InChI is InChI=1S/C11H13I2NO/c12-8-5-7(6-9(13)11(8)15)10-3-1-2-4-14-10/h5-6,10,14-15H,1-4H2/t10-/m1/s1. The first-order valence-corrected chi connectivity index (χ1v) is 7.25. The fraction of sp³-hybridized carbons (Fsp3) is 0.455. The second-order valence-electron chi connectivity index (χ2n) is 3.84. The average molecular weight is 429 g/mol. The molecule has 0 bridgehead atoms. The zero-order valence-corrected chi connectivity index (χ0v) is 12.6. The van der Waals surface area contributed by atoms with E-state index in [2.05, 4.69) is 62.6 Å².